The van der Waals surface area contributed by atoms with Crippen LogP contribution in [0.25, 0.3) is 0 Å². The number of nitrogens with one attached hydrogen (secondary N) is 1. The fourth-order valence-corrected chi connectivity index (χ4v) is 2.78. The Kier molecular flexibility index (Phi) is 2.71. The molecule has 0 atom stereocenters. The number of hydrazone groups is 1. The van der Waals surface area contributed by atoms with E-state index in [1.54, 1.807) is 16.7 Å². The number of amides is 2. The second-order valence-corrected chi connectivity index (χ2v) is 5.01. The molecule has 0 saturated carbocycles. The highest BCUT2D eigenvalue weighted by Gasteiger charge is 2.29. The Morgan fingerprint density at radius 2 is 2.33 bits per heavy atom. The normalized spacial score (nSPS) is 18.7. The fraction of sp³-hybridized carbons (Fsp3) is 0.167. The summed E-state index contributed by atoms with van der Waals surface area (Å²) in [5.41, 5.74) is 11.5. The number of nitrogens with two attached hydrogens (primary N) is 1. The number of urea groups is 1. The monoisotopic (exact) mass is 260 g/mol. The van der Waals surface area contributed by atoms with Gasteiger partial charge in [0.15, 0.2) is 0 Å². The van der Waals surface area contributed by atoms with Crippen LogP contribution in [0.4, 0.5) is 10.5 Å². The molecule has 2 heterocycles. The van der Waals surface area contributed by atoms with Crippen LogP contribution < -0.4 is 11.2 Å². The van der Waals surface area contributed by atoms with E-state index in [1.807, 2.05) is 29.7 Å². The molecule has 0 spiro atoms. The van der Waals surface area contributed by atoms with Gasteiger partial charge in [0.25, 0.3) is 0 Å². The summed E-state index contributed by atoms with van der Waals surface area (Å²) in [7, 11) is 0. The molecule has 6 heteroatoms. The van der Waals surface area contributed by atoms with Crippen molar-refractivity contribution in [2.45, 2.75) is 0 Å². The summed E-state index contributed by atoms with van der Waals surface area (Å²) >= 11 is 1.69. The first-order valence-electron chi connectivity index (χ1n) is 5.59. The number of nitrogen functional groups attached to an aromatic ring is 1. The molecule has 18 heavy (non-hydrogen) atoms. The Hall–Kier alpha value is -1.95. The molecule has 0 aliphatic carbocycles. The molecule has 1 aromatic rings. The number of fused-ring (bicyclic) bond motifs is 1. The Morgan fingerprint density at radius 1 is 1.44 bits per heavy atom. The van der Waals surface area contributed by atoms with Gasteiger partial charge < -0.3 is 5.73 Å². The summed E-state index contributed by atoms with van der Waals surface area (Å²) in [6, 6.07) is 7.33. The fourth-order valence-electron chi connectivity index (χ4n) is 1.98. The highest BCUT2D eigenvalue weighted by molar-refractivity contribution is 8.02. The van der Waals surface area contributed by atoms with Crippen molar-refractivity contribution in [2.24, 2.45) is 5.10 Å². The van der Waals surface area contributed by atoms with Crippen LogP contribution in [-0.2, 0) is 0 Å². The van der Waals surface area contributed by atoms with E-state index in [1.165, 1.54) is 0 Å². The number of thioether (sulfide) groups is 1. The van der Waals surface area contributed by atoms with Gasteiger partial charge >= 0.3 is 6.03 Å². The van der Waals surface area contributed by atoms with E-state index >= 15 is 0 Å². The van der Waals surface area contributed by atoms with Crippen LogP contribution in [0, 0.1) is 0 Å². The van der Waals surface area contributed by atoms with Gasteiger partial charge in [-0.2, -0.15) is 5.10 Å². The highest BCUT2D eigenvalue weighted by Crippen LogP contribution is 2.25. The average Bonchev–Trinajstić information content (AvgIpc) is 2.39. The molecule has 0 radical (unpaired) electrons. The minimum atomic E-state index is -0.172. The van der Waals surface area contributed by atoms with Gasteiger partial charge in [0.2, 0.25) is 0 Å². The molecule has 2 aliphatic rings. The van der Waals surface area contributed by atoms with Crippen LogP contribution >= 0.6 is 11.8 Å². The molecule has 92 valence electrons. The van der Waals surface area contributed by atoms with Crippen molar-refractivity contribution in [3.63, 3.8) is 0 Å². The Morgan fingerprint density at radius 3 is 3.17 bits per heavy atom. The van der Waals surface area contributed by atoms with Crippen molar-refractivity contribution >= 4 is 29.2 Å². The maximum absolute atomic E-state index is 11.7. The summed E-state index contributed by atoms with van der Waals surface area (Å²) in [6.45, 7) is 0.698. The van der Waals surface area contributed by atoms with E-state index in [0.29, 0.717) is 12.2 Å². The minimum Gasteiger partial charge on any atom is -0.399 e. The first kappa shape index (κ1) is 11.2. The lowest BCUT2D eigenvalue weighted by Gasteiger charge is -2.31. The van der Waals surface area contributed by atoms with Crippen LogP contribution in [0.15, 0.2) is 40.5 Å². The van der Waals surface area contributed by atoms with Crippen LogP contribution in [0.3, 0.4) is 0 Å². The van der Waals surface area contributed by atoms with Crippen molar-refractivity contribution in [3.8, 4) is 0 Å². The summed E-state index contributed by atoms with van der Waals surface area (Å²) in [5, 5.41) is 6.12. The van der Waals surface area contributed by atoms with E-state index in [-0.39, 0.29) is 6.03 Å². The molecule has 0 fully saturated rings. The van der Waals surface area contributed by atoms with Crippen molar-refractivity contribution in [1.29, 1.82) is 0 Å². The maximum atomic E-state index is 11.7. The second-order valence-electron chi connectivity index (χ2n) is 4.03. The number of hydrogen-bond acceptors (Lipinski definition) is 4. The molecule has 1 aromatic carbocycles. The van der Waals surface area contributed by atoms with E-state index in [0.717, 1.165) is 22.7 Å². The predicted octanol–water partition coefficient (Wildman–Crippen LogP) is 1.59. The van der Waals surface area contributed by atoms with Crippen LogP contribution in [-0.4, -0.2) is 28.9 Å². The third-order valence-electron chi connectivity index (χ3n) is 2.83. The van der Waals surface area contributed by atoms with Gasteiger partial charge in [0, 0.05) is 23.5 Å². The van der Waals surface area contributed by atoms with Gasteiger partial charge in [-0.15, -0.1) is 11.8 Å². The van der Waals surface area contributed by atoms with Gasteiger partial charge in [-0.1, -0.05) is 12.1 Å². The number of carbonyl (C=O) groups is 1. The summed E-state index contributed by atoms with van der Waals surface area (Å²) in [4.78, 5) is 13.4. The van der Waals surface area contributed by atoms with Gasteiger partial charge in [-0.3, -0.25) is 4.90 Å². The first-order valence-corrected chi connectivity index (χ1v) is 6.64. The number of hydrogen-bond donors (Lipinski definition) is 2. The molecular weight excluding hydrogens is 248 g/mol. The minimum absolute atomic E-state index is 0.172. The molecule has 2 amide bonds. The second kappa shape index (κ2) is 4.38. The summed E-state index contributed by atoms with van der Waals surface area (Å²) in [5.74, 6) is 0.904. The van der Waals surface area contributed by atoms with Crippen LogP contribution in [0.5, 0.6) is 0 Å². The zero-order valence-corrected chi connectivity index (χ0v) is 10.4. The van der Waals surface area contributed by atoms with E-state index in [2.05, 4.69) is 10.5 Å². The van der Waals surface area contributed by atoms with Gasteiger partial charge in [0.05, 0.1) is 5.70 Å². The zero-order valence-electron chi connectivity index (χ0n) is 9.59. The third kappa shape index (κ3) is 1.84. The smallest absolute Gasteiger partial charge is 0.342 e. The van der Waals surface area contributed by atoms with Crippen LogP contribution in [0.1, 0.15) is 5.56 Å². The summed E-state index contributed by atoms with van der Waals surface area (Å²) < 4.78 is 0. The SMILES string of the molecule is Nc1cccc(C2=NNC(=O)N3CCSC=C23)c1. The molecule has 3 N–H and O–H groups in total. The van der Waals surface area contributed by atoms with E-state index in [9.17, 15) is 4.79 Å². The largest absolute Gasteiger partial charge is 0.399 e. The van der Waals surface area contributed by atoms with E-state index in [4.69, 9.17) is 5.73 Å². The lowest BCUT2D eigenvalue weighted by Crippen LogP contribution is -2.46. The quantitative estimate of drug-likeness (QED) is 0.753. The Bertz CT molecular complexity index is 567. The first-order chi connectivity index (χ1) is 8.75. The molecule has 0 saturated heterocycles. The third-order valence-corrected chi connectivity index (χ3v) is 3.64. The molecule has 2 aliphatic heterocycles. The number of anilines is 1. The molecular formula is C12H12N4OS. The lowest BCUT2D eigenvalue weighted by molar-refractivity contribution is 0.213. The van der Waals surface area contributed by atoms with Crippen LogP contribution in [0.2, 0.25) is 0 Å². The zero-order chi connectivity index (χ0) is 12.5. The molecule has 0 bridgehead atoms. The molecule has 3 rings (SSSR count). The molecule has 5 nitrogen and oxygen atoms in total. The summed E-state index contributed by atoms with van der Waals surface area (Å²) in [6.07, 6.45) is 0. The number of rotatable bonds is 1. The maximum Gasteiger partial charge on any atom is 0.342 e. The number of benzene rings is 1. The number of carbonyl (C=O) groups excluding carboxylic acids is 1. The molecule has 0 unspecified atom stereocenters. The average molecular weight is 260 g/mol. The lowest BCUT2D eigenvalue weighted by atomic mass is 10.1. The van der Waals surface area contributed by atoms with Gasteiger partial charge in [-0.25, -0.2) is 10.2 Å². The molecule has 0 aromatic heterocycles. The number of nitrogens with zero attached hydrogens (tertiary/aromatic N) is 2. The Balaban J connectivity index is 2.06. The van der Waals surface area contributed by atoms with Crippen molar-refractivity contribution < 1.29 is 4.79 Å². The standard InChI is InChI=1S/C12H12N4OS/c13-9-3-1-2-8(6-9)11-10-7-18-5-4-16(10)12(17)15-14-11/h1-3,6-7H,4-5,13H2,(H,15,17). The number of allylic oxidation sites excluding steroid dienone is 1. The van der Waals surface area contributed by atoms with Crippen molar-refractivity contribution in [3.05, 3.63) is 40.9 Å². The highest BCUT2D eigenvalue weighted by atomic mass is 32.2. The predicted molar refractivity (Wildman–Crippen MR) is 73.2 cm³/mol. The van der Waals surface area contributed by atoms with Crippen molar-refractivity contribution in [2.75, 3.05) is 18.0 Å². The van der Waals surface area contributed by atoms with E-state index < -0.39 is 0 Å². The Labute approximate surface area is 109 Å². The topological polar surface area (TPSA) is 70.7 Å². The van der Waals surface area contributed by atoms with Crippen molar-refractivity contribution in [1.82, 2.24) is 10.3 Å². The van der Waals surface area contributed by atoms with Gasteiger partial charge in [0.1, 0.15) is 5.71 Å². The van der Waals surface area contributed by atoms with Gasteiger partial charge in [-0.05, 0) is 17.5 Å².